The summed E-state index contributed by atoms with van der Waals surface area (Å²) in [5.74, 6) is -10.5. The van der Waals surface area contributed by atoms with Crippen molar-refractivity contribution in [2.24, 2.45) is 29.4 Å². The maximum atomic E-state index is 13.9. The standard InChI is InChI=1S/C31H35N3O7/c1-14(2)33-13-15-5-7-16(8-6-15)18-9-10-21(35)23-19(18)11-17-12-20-25(34(3)4)27(37)24(30(32)40)29(39)31(20,41)28(38)22(17)26(23)36/h5-10,14,17,20,22,24-25,33,35,41H,11-13H2,1-4H3,(H2,32,40)/t17-,20-,22?,24?,25-,31-/m0/s1. The van der Waals surface area contributed by atoms with Crippen LogP contribution in [0, 0.1) is 23.7 Å². The van der Waals surface area contributed by atoms with E-state index in [1.54, 1.807) is 20.2 Å². The monoisotopic (exact) mass is 561 g/mol. The average molecular weight is 562 g/mol. The number of rotatable bonds is 6. The molecule has 0 aromatic heterocycles. The first kappa shape index (κ1) is 28.8. The molecule has 2 aromatic rings. The second kappa shape index (κ2) is 10.3. The van der Waals surface area contributed by atoms with Gasteiger partial charge in [-0.1, -0.05) is 44.2 Å². The third-order valence-corrected chi connectivity index (χ3v) is 8.92. The van der Waals surface area contributed by atoms with Crippen molar-refractivity contribution in [1.29, 1.82) is 0 Å². The lowest BCUT2D eigenvalue weighted by Crippen LogP contribution is -2.74. The number of hydrogen-bond donors (Lipinski definition) is 4. The smallest absolute Gasteiger partial charge is 0.235 e. The Hall–Kier alpha value is -3.73. The number of fused-ring (bicyclic) bond motifs is 3. The van der Waals surface area contributed by atoms with Crippen molar-refractivity contribution in [3.63, 3.8) is 0 Å². The van der Waals surface area contributed by atoms with E-state index >= 15 is 0 Å². The summed E-state index contributed by atoms with van der Waals surface area (Å²) in [5, 5.41) is 25.8. The summed E-state index contributed by atoms with van der Waals surface area (Å²) in [7, 11) is 3.12. The molecular weight excluding hydrogens is 526 g/mol. The van der Waals surface area contributed by atoms with Gasteiger partial charge in [-0.25, -0.2) is 0 Å². The first-order valence-electron chi connectivity index (χ1n) is 13.8. The topological polar surface area (TPSA) is 167 Å². The van der Waals surface area contributed by atoms with Gasteiger partial charge in [-0.15, -0.1) is 0 Å². The van der Waals surface area contributed by atoms with E-state index in [1.807, 2.05) is 24.3 Å². The number of Topliss-reactive ketones (excluding diaryl/α,β-unsaturated/α-hetero) is 4. The Balaban J connectivity index is 1.57. The molecule has 0 spiro atoms. The molecular formula is C31H35N3O7. The molecule has 2 fully saturated rings. The van der Waals surface area contributed by atoms with Gasteiger partial charge in [0, 0.05) is 18.5 Å². The molecule has 0 saturated heterocycles. The van der Waals surface area contributed by atoms with E-state index in [-0.39, 0.29) is 24.2 Å². The van der Waals surface area contributed by atoms with Crippen LogP contribution < -0.4 is 11.1 Å². The maximum Gasteiger partial charge on any atom is 0.235 e. The number of carbonyl (C=O) groups excluding carboxylic acids is 5. The summed E-state index contributed by atoms with van der Waals surface area (Å²) in [6.45, 7) is 4.82. The lowest BCUT2D eigenvalue weighted by molar-refractivity contribution is -0.181. The molecule has 0 aliphatic heterocycles. The summed E-state index contributed by atoms with van der Waals surface area (Å²) in [6, 6.07) is 10.2. The number of likely N-dealkylation sites (N-methyl/N-ethyl adjacent to an activating group) is 1. The van der Waals surface area contributed by atoms with Crippen molar-refractivity contribution in [2.45, 2.75) is 50.9 Å². The van der Waals surface area contributed by atoms with Gasteiger partial charge in [0.05, 0.1) is 17.5 Å². The summed E-state index contributed by atoms with van der Waals surface area (Å²) in [6.07, 6.45) is 0.227. The Labute approximate surface area is 237 Å². The Morgan fingerprint density at radius 1 is 1.07 bits per heavy atom. The predicted octanol–water partition coefficient (Wildman–Crippen LogP) is 1.03. The Morgan fingerprint density at radius 2 is 1.73 bits per heavy atom. The van der Waals surface area contributed by atoms with Gasteiger partial charge in [0.25, 0.3) is 0 Å². The summed E-state index contributed by atoms with van der Waals surface area (Å²) in [4.78, 5) is 68.1. The molecule has 0 radical (unpaired) electrons. The molecule has 0 bridgehead atoms. The number of nitrogens with zero attached hydrogens (tertiary/aromatic N) is 1. The van der Waals surface area contributed by atoms with Gasteiger partial charge >= 0.3 is 0 Å². The van der Waals surface area contributed by atoms with Gasteiger partial charge in [0.15, 0.2) is 34.7 Å². The Morgan fingerprint density at radius 3 is 2.32 bits per heavy atom. The number of primary amides is 1. The Kier molecular flexibility index (Phi) is 7.21. The molecule has 41 heavy (non-hydrogen) atoms. The zero-order chi connectivity index (χ0) is 30.0. The fourth-order valence-corrected chi connectivity index (χ4v) is 7.00. The average Bonchev–Trinajstić information content (AvgIpc) is 2.89. The largest absolute Gasteiger partial charge is 0.507 e. The van der Waals surface area contributed by atoms with Crippen LogP contribution in [0.25, 0.3) is 11.1 Å². The third kappa shape index (κ3) is 4.41. The van der Waals surface area contributed by atoms with E-state index in [0.717, 1.165) is 16.7 Å². The molecule has 10 nitrogen and oxygen atoms in total. The number of benzene rings is 2. The summed E-state index contributed by atoms with van der Waals surface area (Å²) < 4.78 is 0. The highest BCUT2D eigenvalue weighted by atomic mass is 16.3. The second-order valence-electron chi connectivity index (χ2n) is 12.0. The van der Waals surface area contributed by atoms with E-state index < -0.39 is 64.4 Å². The quantitative estimate of drug-likeness (QED) is 0.377. The van der Waals surface area contributed by atoms with Gasteiger partial charge in [-0.05, 0) is 61.2 Å². The number of hydrogen-bond acceptors (Lipinski definition) is 9. The van der Waals surface area contributed by atoms with Crippen LogP contribution in [0.5, 0.6) is 5.75 Å². The van der Waals surface area contributed by atoms with E-state index in [9.17, 15) is 34.2 Å². The number of nitrogens with one attached hydrogen (secondary N) is 1. The molecule has 6 atom stereocenters. The highest BCUT2D eigenvalue weighted by molar-refractivity contribution is 6.32. The van der Waals surface area contributed by atoms with Gasteiger partial charge in [-0.3, -0.25) is 28.9 Å². The first-order valence-corrected chi connectivity index (χ1v) is 13.8. The molecule has 2 unspecified atom stereocenters. The fraction of sp³-hybridized carbons (Fsp3) is 0.452. The number of phenols is 1. The second-order valence-corrected chi connectivity index (χ2v) is 12.0. The lowest BCUT2D eigenvalue weighted by atomic mass is 9.52. The van der Waals surface area contributed by atoms with E-state index in [1.165, 1.54) is 11.0 Å². The maximum absolute atomic E-state index is 13.9. The number of ketones is 4. The van der Waals surface area contributed by atoms with E-state index in [0.29, 0.717) is 18.2 Å². The first-order chi connectivity index (χ1) is 19.3. The summed E-state index contributed by atoms with van der Waals surface area (Å²) >= 11 is 0. The van der Waals surface area contributed by atoms with Crippen LogP contribution in [0.15, 0.2) is 36.4 Å². The van der Waals surface area contributed by atoms with Crippen LogP contribution in [0.1, 0.15) is 41.8 Å². The highest BCUT2D eigenvalue weighted by Gasteiger charge is 2.69. The fourth-order valence-electron chi connectivity index (χ4n) is 7.00. The van der Waals surface area contributed by atoms with Gasteiger partial charge in [0.2, 0.25) is 5.91 Å². The van der Waals surface area contributed by atoms with Crippen LogP contribution in [0.2, 0.25) is 0 Å². The van der Waals surface area contributed by atoms with Crippen molar-refractivity contribution in [2.75, 3.05) is 14.1 Å². The molecule has 2 aromatic carbocycles. The van der Waals surface area contributed by atoms with Gasteiger partial charge < -0.3 is 21.3 Å². The van der Waals surface area contributed by atoms with Crippen molar-refractivity contribution >= 4 is 29.0 Å². The zero-order valence-electron chi connectivity index (χ0n) is 23.5. The molecule has 3 aliphatic carbocycles. The van der Waals surface area contributed by atoms with Gasteiger partial charge in [-0.2, -0.15) is 0 Å². The van der Waals surface area contributed by atoms with Crippen LogP contribution in [0.3, 0.4) is 0 Å². The van der Waals surface area contributed by atoms with Crippen molar-refractivity contribution in [3.05, 3.63) is 53.1 Å². The minimum Gasteiger partial charge on any atom is -0.507 e. The Bertz CT molecular complexity index is 1460. The lowest BCUT2D eigenvalue weighted by Gasteiger charge is -2.52. The molecule has 216 valence electrons. The van der Waals surface area contributed by atoms with Crippen LogP contribution in [0.4, 0.5) is 0 Å². The highest BCUT2D eigenvalue weighted by Crippen LogP contribution is 2.51. The van der Waals surface area contributed by atoms with Crippen LogP contribution in [-0.2, 0) is 32.1 Å². The van der Waals surface area contributed by atoms with E-state index in [4.69, 9.17) is 5.73 Å². The molecule has 2 saturated carbocycles. The minimum absolute atomic E-state index is 0.0127. The zero-order valence-corrected chi connectivity index (χ0v) is 23.5. The van der Waals surface area contributed by atoms with Crippen molar-refractivity contribution < 1.29 is 34.2 Å². The number of amides is 1. The number of nitrogens with two attached hydrogens (primary N) is 1. The number of aromatic hydroxyl groups is 1. The molecule has 5 N–H and O–H groups in total. The molecule has 0 heterocycles. The number of aliphatic hydroxyl groups is 1. The number of carbonyl (C=O) groups is 5. The van der Waals surface area contributed by atoms with Gasteiger partial charge in [0.1, 0.15) is 5.75 Å². The predicted molar refractivity (Wildman–Crippen MR) is 149 cm³/mol. The minimum atomic E-state index is -2.73. The molecule has 1 amide bonds. The van der Waals surface area contributed by atoms with Crippen molar-refractivity contribution in [3.8, 4) is 16.9 Å². The van der Waals surface area contributed by atoms with Crippen molar-refractivity contribution in [1.82, 2.24) is 10.2 Å². The number of phenolic OH excluding ortho intramolecular Hbond substituents is 1. The normalized spacial score (nSPS) is 29.4. The SMILES string of the molecule is CC(C)NCc1ccc(-c2ccc(O)c3c2C[C@H]2C[C@H]4[C@H](N(C)C)C(=O)C(C(N)=O)C(=O)[C@@]4(O)C(=O)C2C3=O)cc1. The van der Waals surface area contributed by atoms with Crippen LogP contribution in [-0.4, -0.2) is 75.9 Å². The van der Waals surface area contributed by atoms with E-state index in [2.05, 4.69) is 19.2 Å². The molecule has 10 heteroatoms. The molecule has 3 aliphatic rings. The van der Waals surface area contributed by atoms with Crippen LogP contribution >= 0.6 is 0 Å². The third-order valence-electron chi connectivity index (χ3n) is 8.92. The molecule has 5 rings (SSSR count). The summed E-state index contributed by atoms with van der Waals surface area (Å²) in [5.41, 5.74) is 5.84.